The number of amides is 2. The summed E-state index contributed by atoms with van der Waals surface area (Å²) < 4.78 is 55.9. The number of alkyl halides is 4. The fraction of sp³-hybridized carbons (Fsp3) is 0.400. The lowest BCUT2D eigenvalue weighted by Crippen LogP contribution is -2.61. The lowest BCUT2D eigenvalue weighted by molar-refractivity contribution is -0.147. The van der Waals surface area contributed by atoms with Crippen molar-refractivity contribution in [1.82, 2.24) is 20.1 Å². The minimum Gasteiger partial charge on any atom is -0.341 e. The summed E-state index contributed by atoms with van der Waals surface area (Å²) in [6.45, 7) is 3.46. The van der Waals surface area contributed by atoms with Crippen LogP contribution in [-0.4, -0.2) is 38.3 Å². The van der Waals surface area contributed by atoms with Gasteiger partial charge in [0.1, 0.15) is 16.1 Å². The maximum absolute atomic E-state index is 13.8. The van der Waals surface area contributed by atoms with Crippen LogP contribution in [0.2, 0.25) is 0 Å². The van der Waals surface area contributed by atoms with Crippen LogP contribution in [0.1, 0.15) is 73.9 Å². The van der Waals surface area contributed by atoms with Gasteiger partial charge in [-0.05, 0) is 49.9 Å². The van der Waals surface area contributed by atoms with Crippen LogP contribution in [-0.2, 0) is 23.3 Å². The minimum atomic E-state index is -3.01. The van der Waals surface area contributed by atoms with Gasteiger partial charge in [-0.3, -0.25) is 14.4 Å². The van der Waals surface area contributed by atoms with Crippen LogP contribution in [0.4, 0.5) is 23.2 Å². The molecule has 1 aliphatic heterocycles. The van der Waals surface area contributed by atoms with Gasteiger partial charge in [-0.1, -0.05) is 6.07 Å². The molecular weight excluding hydrogens is 526 g/mol. The molecule has 2 N–H and O–H groups in total. The second kappa shape index (κ2) is 9.29. The van der Waals surface area contributed by atoms with Crippen LogP contribution in [0, 0.1) is 13.8 Å². The van der Waals surface area contributed by atoms with Crippen molar-refractivity contribution >= 4 is 34.6 Å². The van der Waals surface area contributed by atoms with E-state index >= 15 is 0 Å². The Hall–Kier alpha value is -3.61. The number of nitrogens with zero attached hydrogens (tertiary/aromatic N) is 3. The van der Waals surface area contributed by atoms with Gasteiger partial charge in [-0.25, -0.2) is 17.6 Å². The summed E-state index contributed by atoms with van der Waals surface area (Å²) >= 11 is 1.00. The Bertz CT molecular complexity index is 1440. The standard InChI is InChI=1S/C25H23F4N5O3S/c1-12-5-6-14(8-15(12)20(26)27)31-21(36)17-13(2)18(34-7-3-4-16(17)34)19(35)22(37)32-24(9-25(28,29)10-24)23-33-30-11-38-23/h5-6,8,11,20H,3-4,7,9-10H2,1-2H3,(H,31,36)(H,32,37). The number of Topliss-reactive ketones (excluding diaryl/α,β-unsaturated/α-hetero) is 1. The Labute approximate surface area is 218 Å². The Morgan fingerprint density at radius 1 is 1.16 bits per heavy atom. The van der Waals surface area contributed by atoms with E-state index < -0.39 is 48.3 Å². The number of fused-ring (bicyclic) bond motifs is 1. The molecule has 1 aromatic carbocycles. The number of hydrogen-bond donors (Lipinski definition) is 2. The number of aryl methyl sites for hydroxylation is 1. The van der Waals surface area contributed by atoms with Crippen molar-refractivity contribution in [1.29, 1.82) is 0 Å². The summed E-state index contributed by atoms with van der Waals surface area (Å²) in [5.74, 6) is -5.66. The highest BCUT2D eigenvalue weighted by Gasteiger charge is 2.60. The van der Waals surface area contributed by atoms with Crippen LogP contribution in [0.15, 0.2) is 23.7 Å². The first kappa shape index (κ1) is 26.0. The maximum Gasteiger partial charge on any atom is 0.294 e. The fourth-order valence-electron chi connectivity index (χ4n) is 5.35. The van der Waals surface area contributed by atoms with E-state index in [9.17, 15) is 31.9 Å². The van der Waals surface area contributed by atoms with Gasteiger partial charge in [0.2, 0.25) is 0 Å². The normalized spacial score (nSPS) is 17.1. The van der Waals surface area contributed by atoms with Crippen molar-refractivity contribution in [3.05, 3.63) is 62.4 Å². The zero-order valence-corrected chi connectivity index (χ0v) is 21.2. The number of nitrogens with one attached hydrogen (secondary N) is 2. The van der Waals surface area contributed by atoms with Crippen LogP contribution in [0.25, 0.3) is 0 Å². The molecule has 2 aromatic heterocycles. The van der Waals surface area contributed by atoms with Gasteiger partial charge >= 0.3 is 0 Å². The Kier molecular flexibility index (Phi) is 6.36. The molecule has 1 fully saturated rings. The van der Waals surface area contributed by atoms with Gasteiger partial charge in [-0.2, -0.15) is 0 Å². The monoisotopic (exact) mass is 549 g/mol. The second-order valence-electron chi connectivity index (χ2n) is 9.70. The Balaban J connectivity index is 1.43. The summed E-state index contributed by atoms with van der Waals surface area (Å²) in [4.78, 5) is 39.7. The minimum absolute atomic E-state index is 0.00387. The number of halogens is 4. The molecule has 13 heteroatoms. The van der Waals surface area contributed by atoms with Gasteiger partial charge in [0.15, 0.2) is 0 Å². The summed E-state index contributed by atoms with van der Waals surface area (Å²) in [6.07, 6.45) is -3.03. The summed E-state index contributed by atoms with van der Waals surface area (Å²) in [5, 5.41) is 12.8. The number of hydrogen-bond acceptors (Lipinski definition) is 6. The highest BCUT2D eigenvalue weighted by atomic mass is 32.1. The molecule has 1 saturated carbocycles. The number of anilines is 1. The van der Waals surface area contributed by atoms with E-state index in [0.717, 1.165) is 11.3 Å². The molecular formula is C25H23F4N5O3S. The summed E-state index contributed by atoms with van der Waals surface area (Å²) in [6, 6.07) is 4.18. The van der Waals surface area contributed by atoms with E-state index in [1.165, 1.54) is 30.6 Å². The fourth-order valence-corrected chi connectivity index (χ4v) is 6.06. The first-order valence-corrected chi connectivity index (χ1v) is 12.7. The summed E-state index contributed by atoms with van der Waals surface area (Å²) in [5.41, 5.74) is 1.18. The second-order valence-corrected chi connectivity index (χ2v) is 10.5. The molecule has 3 aromatic rings. The average molecular weight is 550 g/mol. The molecule has 2 amide bonds. The molecule has 0 saturated heterocycles. The van der Waals surface area contributed by atoms with E-state index in [-0.39, 0.29) is 33.1 Å². The molecule has 3 heterocycles. The molecule has 38 heavy (non-hydrogen) atoms. The number of benzene rings is 1. The largest absolute Gasteiger partial charge is 0.341 e. The van der Waals surface area contributed by atoms with E-state index in [1.807, 2.05) is 0 Å². The molecule has 1 aliphatic carbocycles. The predicted molar refractivity (Wildman–Crippen MR) is 130 cm³/mol. The topological polar surface area (TPSA) is 106 Å². The SMILES string of the molecule is Cc1ccc(NC(=O)c2c(C)c(C(=O)C(=O)NC3(c4nncs4)CC(F)(F)C3)n3c2CCC3)cc1C(F)F. The molecule has 2 aliphatic rings. The number of carbonyl (C=O) groups is 3. The third-order valence-electron chi connectivity index (χ3n) is 7.07. The van der Waals surface area contributed by atoms with Crippen LogP contribution >= 0.6 is 11.3 Å². The number of aromatic nitrogens is 3. The Morgan fingerprint density at radius 2 is 1.89 bits per heavy atom. The van der Waals surface area contributed by atoms with E-state index in [1.54, 1.807) is 11.5 Å². The van der Waals surface area contributed by atoms with Gasteiger partial charge < -0.3 is 15.2 Å². The molecule has 5 rings (SSSR count). The lowest BCUT2D eigenvalue weighted by atomic mass is 9.73. The van der Waals surface area contributed by atoms with Crippen molar-refractivity contribution in [2.75, 3.05) is 5.32 Å². The van der Waals surface area contributed by atoms with Crippen molar-refractivity contribution in [3.8, 4) is 0 Å². The zero-order valence-electron chi connectivity index (χ0n) is 20.4. The smallest absolute Gasteiger partial charge is 0.294 e. The molecule has 0 unspecified atom stereocenters. The van der Waals surface area contributed by atoms with Crippen LogP contribution in [0.3, 0.4) is 0 Å². The van der Waals surface area contributed by atoms with Gasteiger partial charge in [-0.15, -0.1) is 21.5 Å². The Morgan fingerprint density at radius 3 is 2.53 bits per heavy atom. The van der Waals surface area contributed by atoms with E-state index in [4.69, 9.17) is 0 Å². The number of ketones is 1. The first-order valence-electron chi connectivity index (χ1n) is 11.9. The van der Waals surface area contributed by atoms with Crippen LogP contribution in [0.5, 0.6) is 0 Å². The van der Waals surface area contributed by atoms with Crippen LogP contribution < -0.4 is 10.6 Å². The van der Waals surface area contributed by atoms with Gasteiger partial charge in [0.05, 0.1) is 11.3 Å². The highest BCUT2D eigenvalue weighted by Crippen LogP contribution is 2.52. The maximum atomic E-state index is 13.8. The van der Waals surface area contributed by atoms with Crippen molar-refractivity contribution in [3.63, 3.8) is 0 Å². The number of rotatable bonds is 7. The molecule has 200 valence electrons. The molecule has 0 bridgehead atoms. The summed E-state index contributed by atoms with van der Waals surface area (Å²) in [7, 11) is 0. The van der Waals surface area contributed by atoms with Crippen molar-refractivity contribution in [2.45, 2.75) is 64.0 Å². The van der Waals surface area contributed by atoms with Gasteiger partial charge in [0.25, 0.3) is 29.9 Å². The first-order chi connectivity index (χ1) is 17.9. The quantitative estimate of drug-likeness (QED) is 0.252. The number of carbonyl (C=O) groups excluding carboxylic acids is 3. The van der Waals surface area contributed by atoms with E-state index in [0.29, 0.717) is 30.6 Å². The van der Waals surface area contributed by atoms with Gasteiger partial charge in [0, 0.05) is 36.3 Å². The molecule has 0 spiro atoms. The third kappa shape index (κ3) is 4.38. The average Bonchev–Trinajstić information content (AvgIpc) is 3.56. The lowest BCUT2D eigenvalue weighted by Gasteiger charge is -2.45. The van der Waals surface area contributed by atoms with E-state index in [2.05, 4.69) is 20.8 Å². The zero-order chi connectivity index (χ0) is 27.4. The molecule has 0 atom stereocenters. The molecule has 8 nitrogen and oxygen atoms in total. The molecule has 0 radical (unpaired) electrons. The third-order valence-corrected chi connectivity index (χ3v) is 7.97. The highest BCUT2D eigenvalue weighted by molar-refractivity contribution is 7.09. The predicted octanol–water partition coefficient (Wildman–Crippen LogP) is 4.72. The van der Waals surface area contributed by atoms with Crippen molar-refractivity contribution in [2.24, 2.45) is 0 Å². The van der Waals surface area contributed by atoms with Crippen molar-refractivity contribution < 1.29 is 31.9 Å².